The maximum Gasteiger partial charge on any atom is 0.338 e. The van der Waals surface area contributed by atoms with Crippen molar-refractivity contribution in [3.8, 4) is 0 Å². The summed E-state index contributed by atoms with van der Waals surface area (Å²) in [5.41, 5.74) is -7.44. The van der Waals surface area contributed by atoms with Gasteiger partial charge in [0, 0.05) is 63.8 Å². The van der Waals surface area contributed by atoms with Crippen LogP contribution in [0.3, 0.4) is 0 Å². The number of fused-ring (bicyclic) bond motifs is 1. The van der Waals surface area contributed by atoms with Crippen molar-refractivity contribution in [2.75, 3.05) is 27.3 Å². The predicted octanol–water partition coefficient (Wildman–Crippen LogP) is 3.87. The Labute approximate surface area is 360 Å². The lowest BCUT2D eigenvalue weighted by molar-refractivity contribution is -0.302. The molecule has 16 heteroatoms. The van der Waals surface area contributed by atoms with E-state index in [0.29, 0.717) is 0 Å². The van der Waals surface area contributed by atoms with E-state index in [1.807, 2.05) is 49.3 Å². The van der Waals surface area contributed by atoms with Gasteiger partial charge in [0.15, 0.2) is 23.6 Å². The molecule has 334 valence electrons. The summed E-state index contributed by atoms with van der Waals surface area (Å²) < 4.78 is 43.2. The van der Waals surface area contributed by atoms with E-state index in [2.05, 4.69) is 6.58 Å². The SMILES string of the molecule is C=C1[C@H](OC(=O)C[C@@H](c2ccccc2)N(C)C)C[C@H](OC(C)=O)[C@@]2(COC(=O)c3ccccc3)[C@H](OC(C)=O)[C@H](OC(C)=O)[C@@]3(O)[C@@]4(C)OC[C@]3(C)[C@@H](CC4=O)[C@@H](OC(C)=O)[C@H]12. The summed E-state index contributed by atoms with van der Waals surface area (Å²) in [5.74, 6) is -8.52. The minimum absolute atomic E-state index is 0.0531. The Hall–Kier alpha value is -5.45. The summed E-state index contributed by atoms with van der Waals surface area (Å²) in [6.07, 6.45) is -9.27. The first kappa shape index (κ1) is 46.1. The number of nitrogens with zero attached hydrogens (tertiary/aromatic N) is 1. The summed E-state index contributed by atoms with van der Waals surface area (Å²) in [5, 5.41) is 13.5. The van der Waals surface area contributed by atoms with Crippen LogP contribution in [0.2, 0.25) is 0 Å². The zero-order chi connectivity index (χ0) is 45.5. The average molecular weight is 862 g/mol. The number of benzene rings is 2. The minimum atomic E-state index is -2.55. The van der Waals surface area contributed by atoms with Gasteiger partial charge in [-0.3, -0.25) is 28.8 Å². The fourth-order valence-corrected chi connectivity index (χ4v) is 10.6. The summed E-state index contributed by atoms with van der Waals surface area (Å²) in [7, 11) is 3.62. The molecule has 3 saturated carbocycles. The van der Waals surface area contributed by atoms with Gasteiger partial charge in [0.05, 0.1) is 24.0 Å². The number of carbonyl (C=O) groups excluding carboxylic acids is 7. The third-order valence-electron chi connectivity index (χ3n) is 13.5. The van der Waals surface area contributed by atoms with Gasteiger partial charge in [-0.2, -0.15) is 0 Å². The summed E-state index contributed by atoms with van der Waals surface area (Å²) in [6.45, 7) is 10.6. The summed E-state index contributed by atoms with van der Waals surface area (Å²) in [4.78, 5) is 98.0. The van der Waals surface area contributed by atoms with Gasteiger partial charge < -0.3 is 43.2 Å². The molecule has 1 aliphatic heterocycles. The molecular weight excluding hydrogens is 806 g/mol. The molecule has 16 nitrogen and oxygen atoms in total. The minimum Gasteiger partial charge on any atom is -0.462 e. The molecule has 1 N–H and O–H groups in total. The van der Waals surface area contributed by atoms with E-state index >= 15 is 0 Å². The molecule has 0 spiro atoms. The van der Waals surface area contributed by atoms with E-state index in [-0.39, 0.29) is 37.0 Å². The van der Waals surface area contributed by atoms with Crippen LogP contribution in [0.1, 0.15) is 82.8 Å². The van der Waals surface area contributed by atoms with Crippen molar-refractivity contribution < 1.29 is 71.8 Å². The predicted molar refractivity (Wildman–Crippen MR) is 217 cm³/mol. The summed E-state index contributed by atoms with van der Waals surface area (Å²) >= 11 is 0. The second kappa shape index (κ2) is 17.4. The van der Waals surface area contributed by atoms with Crippen LogP contribution >= 0.6 is 0 Å². The number of ketones is 1. The lowest BCUT2D eigenvalue weighted by Crippen LogP contribution is -2.81. The van der Waals surface area contributed by atoms with Crippen molar-refractivity contribution in [2.24, 2.45) is 22.7 Å². The van der Waals surface area contributed by atoms with Crippen LogP contribution in [0, 0.1) is 22.7 Å². The third kappa shape index (κ3) is 7.81. The number of aliphatic hydroxyl groups is 1. The highest BCUT2D eigenvalue weighted by molar-refractivity contribution is 5.92. The molecule has 4 fully saturated rings. The van der Waals surface area contributed by atoms with Gasteiger partial charge in [0.1, 0.15) is 30.5 Å². The quantitative estimate of drug-likeness (QED) is 0.183. The number of esters is 6. The molecule has 2 aromatic rings. The molecule has 2 aromatic carbocycles. The Balaban J connectivity index is 1.63. The van der Waals surface area contributed by atoms with Gasteiger partial charge >= 0.3 is 35.8 Å². The number of hydrogen-bond acceptors (Lipinski definition) is 16. The number of rotatable bonds is 12. The molecule has 0 amide bonds. The van der Waals surface area contributed by atoms with Gasteiger partial charge in [-0.25, -0.2) is 4.79 Å². The Kier molecular flexibility index (Phi) is 12.9. The van der Waals surface area contributed by atoms with Gasteiger partial charge in [-0.15, -0.1) is 0 Å². The Morgan fingerprint density at radius 2 is 1.39 bits per heavy atom. The van der Waals surface area contributed by atoms with E-state index < -0.39 is 119 Å². The van der Waals surface area contributed by atoms with E-state index in [1.165, 1.54) is 19.1 Å². The maximum absolute atomic E-state index is 14.5. The topological polar surface area (TPSA) is 208 Å². The number of hydrogen-bond donors (Lipinski definition) is 1. The molecular formula is C46H55NO15. The first-order chi connectivity index (χ1) is 29.1. The molecule has 0 aromatic heterocycles. The molecule has 4 aliphatic rings. The van der Waals surface area contributed by atoms with Crippen molar-refractivity contribution in [2.45, 2.75) is 109 Å². The monoisotopic (exact) mass is 861 g/mol. The highest BCUT2D eigenvalue weighted by Gasteiger charge is 2.83. The first-order valence-electron chi connectivity index (χ1n) is 20.5. The van der Waals surface area contributed by atoms with Crippen molar-refractivity contribution in [3.63, 3.8) is 0 Å². The van der Waals surface area contributed by atoms with Crippen LogP contribution in [-0.2, 0) is 61.9 Å². The number of ether oxygens (including phenoxy) is 7. The second-order valence-electron chi connectivity index (χ2n) is 17.4. The van der Waals surface area contributed by atoms with Crippen LogP contribution in [0.4, 0.5) is 0 Å². The largest absolute Gasteiger partial charge is 0.462 e. The second-order valence-corrected chi connectivity index (χ2v) is 17.4. The lowest BCUT2D eigenvalue weighted by atomic mass is 9.43. The smallest absolute Gasteiger partial charge is 0.338 e. The van der Waals surface area contributed by atoms with Crippen LogP contribution in [-0.4, -0.2) is 121 Å². The van der Waals surface area contributed by atoms with E-state index in [9.17, 15) is 38.7 Å². The summed E-state index contributed by atoms with van der Waals surface area (Å²) in [6, 6.07) is 16.7. The van der Waals surface area contributed by atoms with Crippen molar-refractivity contribution in [3.05, 3.63) is 83.9 Å². The molecule has 3 aliphatic carbocycles. The van der Waals surface area contributed by atoms with Crippen LogP contribution in [0.5, 0.6) is 0 Å². The van der Waals surface area contributed by atoms with E-state index in [4.69, 9.17) is 33.2 Å². The third-order valence-corrected chi connectivity index (χ3v) is 13.5. The molecule has 0 unspecified atom stereocenters. The number of carbonyl (C=O) groups is 7. The molecule has 12 atom stereocenters. The standard InChI is InChI=1S/C46H55NO15/c1-25-34(62-37(53)21-33(47(8)9)30-16-12-10-13-17-30)22-36(58-26(2)48)45(24-56-42(54)31-18-14-11-15-19-31)38(25)39(59-27(3)49)32-20-35(52)44(7)46(55,43(32,6)23-57-44)41(61-29(5)51)40(45)60-28(4)50/h10-19,32-34,36,38-41,55H,1,20-24H2,2-9H3/t32-,33-,34+,36-,38-,39+,40+,41-,43+,44-,45+,46-/m0/s1. The van der Waals surface area contributed by atoms with E-state index in [1.54, 1.807) is 25.1 Å². The lowest BCUT2D eigenvalue weighted by Gasteiger charge is -2.65. The van der Waals surface area contributed by atoms with Gasteiger partial charge in [-0.05, 0) is 44.3 Å². The van der Waals surface area contributed by atoms with E-state index in [0.717, 1.165) is 33.3 Å². The fourth-order valence-electron chi connectivity index (χ4n) is 10.6. The Bertz CT molecular complexity index is 2110. The molecule has 4 bridgehead atoms. The average Bonchev–Trinajstić information content (AvgIpc) is 3.35. The maximum atomic E-state index is 14.5. The van der Waals surface area contributed by atoms with Crippen LogP contribution in [0.15, 0.2) is 72.8 Å². The fraction of sp³-hybridized carbons (Fsp3) is 0.543. The zero-order valence-electron chi connectivity index (χ0n) is 36.2. The zero-order valence-corrected chi connectivity index (χ0v) is 36.2. The number of Topliss-reactive ketones (excluding diaryl/α,β-unsaturated/α-hetero) is 1. The molecule has 6 rings (SSSR count). The van der Waals surface area contributed by atoms with Crippen molar-refractivity contribution in [1.82, 2.24) is 4.90 Å². The first-order valence-corrected chi connectivity index (χ1v) is 20.5. The highest BCUT2D eigenvalue weighted by atomic mass is 16.6. The Morgan fingerprint density at radius 1 is 0.823 bits per heavy atom. The van der Waals surface area contributed by atoms with Crippen LogP contribution < -0.4 is 0 Å². The normalized spacial score (nSPS) is 34.1. The van der Waals surface area contributed by atoms with Gasteiger partial charge in [-0.1, -0.05) is 62.0 Å². The van der Waals surface area contributed by atoms with Gasteiger partial charge in [0.2, 0.25) is 0 Å². The molecule has 1 heterocycles. The van der Waals surface area contributed by atoms with Crippen LogP contribution in [0.25, 0.3) is 0 Å². The van der Waals surface area contributed by atoms with Crippen molar-refractivity contribution in [1.29, 1.82) is 0 Å². The molecule has 62 heavy (non-hydrogen) atoms. The molecule has 1 saturated heterocycles. The van der Waals surface area contributed by atoms with Crippen molar-refractivity contribution >= 4 is 41.6 Å². The van der Waals surface area contributed by atoms with Gasteiger partial charge in [0.25, 0.3) is 0 Å². The highest BCUT2D eigenvalue weighted by Crippen LogP contribution is 2.67. The molecule has 0 radical (unpaired) electrons. The Morgan fingerprint density at radius 3 is 1.95 bits per heavy atom.